The molecule has 2 aromatic carbocycles. The highest BCUT2D eigenvalue weighted by Gasteiger charge is 2.52. The molecule has 1 aliphatic carbocycles. The van der Waals surface area contributed by atoms with Gasteiger partial charge in [0.05, 0.1) is 39.4 Å². The van der Waals surface area contributed by atoms with Crippen LogP contribution in [0.2, 0.25) is 0 Å². The van der Waals surface area contributed by atoms with Crippen molar-refractivity contribution in [1.29, 1.82) is 0 Å². The number of benzene rings is 2. The van der Waals surface area contributed by atoms with Crippen LogP contribution in [0.4, 0.5) is 0 Å². The molecule has 11 heteroatoms. The van der Waals surface area contributed by atoms with Crippen molar-refractivity contribution in [2.45, 2.75) is 56.1 Å². The number of ether oxygens (including phenoxy) is 4. The quantitative estimate of drug-likeness (QED) is 0.306. The summed E-state index contributed by atoms with van der Waals surface area (Å²) in [7, 11) is 3.07. The number of fused-ring (bicyclic) bond motifs is 3. The predicted molar refractivity (Wildman–Crippen MR) is 151 cm³/mol. The molecule has 2 heterocycles. The fourth-order valence-corrected chi connectivity index (χ4v) is 6.06. The Hall–Kier alpha value is -3.64. The van der Waals surface area contributed by atoms with Crippen molar-refractivity contribution in [3.63, 3.8) is 0 Å². The number of aliphatic hydroxyl groups is 3. The van der Waals surface area contributed by atoms with Gasteiger partial charge in [0.2, 0.25) is 5.91 Å². The summed E-state index contributed by atoms with van der Waals surface area (Å²) in [6, 6.07) is 10.0. The van der Waals surface area contributed by atoms with Gasteiger partial charge in [-0.1, -0.05) is 12.1 Å². The van der Waals surface area contributed by atoms with Crippen molar-refractivity contribution in [2.75, 3.05) is 40.5 Å². The Labute approximate surface area is 244 Å². The molecule has 2 aliphatic heterocycles. The molecule has 5 atom stereocenters. The minimum absolute atomic E-state index is 0.0306. The maximum absolute atomic E-state index is 13.9. The van der Waals surface area contributed by atoms with E-state index in [2.05, 4.69) is 5.32 Å². The number of aliphatic hydroxyl groups excluding tert-OH is 3. The molecule has 11 nitrogen and oxygen atoms in total. The monoisotopic (exact) mass is 582 g/mol. The van der Waals surface area contributed by atoms with Gasteiger partial charge in [0.1, 0.15) is 24.1 Å². The third kappa shape index (κ3) is 5.82. The lowest BCUT2D eigenvalue weighted by Gasteiger charge is -2.41. The van der Waals surface area contributed by atoms with E-state index in [1.54, 1.807) is 30.2 Å². The molecule has 2 amide bonds. The van der Waals surface area contributed by atoms with E-state index in [0.29, 0.717) is 53.4 Å². The highest BCUT2D eigenvalue weighted by molar-refractivity contribution is 5.96. The standard InChI is InChI=1S/C31H38N2O9/c1-39-20-6-3-5-18(13-20)8-10-33(31(38)24-7-4-12-41-24)23-16-22(30(37)32-9-11-34)26-21-14-19(17-35)15-25(40-2)28(21)42-29(26)27(23)36/h3,5-6,13-16,23-24,26-27,29,34-36H,4,7-12,17H2,1-2H3,(H,32,37)/t23-,24?,26+,27+,29+/m1/s1. The topological polar surface area (TPSA) is 147 Å². The largest absolute Gasteiger partial charge is 0.497 e. The Bertz CT molecular complexity index is 1320. The van der Waals surface area contributed by atoms with E-state index in [9.17, 15) is 24.9 Å². The Morgan fingerprint density at radius 1 is 1.12 bits per heavy atom. The second-order valence-corrected chi connectivity index (χ2v) is 10.7. The zero-order valence-corrected chi connectivity index (χ0v) is 23.8. The van der Waals surface area contributed by atoms with Gasteiger partial charge in [-0.15, -0.1) is 0 Å². The number of carbonyl (C=O) groups excluding carboxylic acids is 2. The number of methoxy groups -OCH3 is 2. The average Bonchev–Trinajstić information content (AvgIpc) is 3.69. The third-order valence-corrected chi connectivity index (χ3v) is 8.12. The minimum Gasteiger partial charge on any atom is -0.497 e. The first-order valence-electron chi connectivity index (χ1n) is 14.2. The molecule has 1 saturated heterocycles. The molecule has 2 aromatic rings. The molecule has 226 valence electrons. The number of hydrogen-bond donors (Lipinski definition) is 4. The first-order chi connectivity index (χ1) is 20.4. The molecule has 1 unspecified atom stereocenters. The van der Waals surface area contributed by atoms with Crippen molar-refractivity contribution in [3.8, 4) is 17.2 Å². The summed E-state index contributed by atoms with van der Waals surface area (Å²) in [5.74, 6) is 0.0382. The second-order valence-electron chi connectivity index (χ2n) is 10.7. The van der Waals surface area contributed by atoms with Crippen LogP contribution >= 0.6 is 0 Å². The zero-order valence-electron chi connectivity index (χ0n) is 23.8. The van der Waals surface area contributed by atoms with E-state index < -0.39 is 36.2 Å². The normalized spacial score (nSPS) is 24.2. The van der Waals surface area contributed by atoms with E-state index in [4.69, 9.17) is 18.9 Å². The number of amides is 2. The van der Waals surface area contributed by atoms with Gasteiger partial charge in [-0.3, -0.25) is 9.59 Å². The molecule has 4 N–H and O–H groups in total. The molecule has 5 rings (SSSR count). The van der Waals surface area contributed by atoms with Crippen LogP contribution in [0.25, 0.3) is 0 Å². The van der Waals surface area contributed by atoms with E-state index in [1.165, 1.54) is 7.11 Å². The fourth-order valence-electron chi connectivity index (χ4n) is 6.06. The number of nitrogens with zero attached hydrogens (tertiary/aromatic N) is 1. The Morgan fingerprint density at radius 3 is 2.64 bits per heavy atom. The molecular formula is C31H38N2O9. The van der Waals surface area contributed by atoms with E-state index in [1.807, 2.05) is 24.3 Å². The van der Waals surface area contributed by atoms with Crippen LogP contribution in [0.1, 0.15) is 35.4 Å². The minimum atomic E-state index is -1.20. The second kappa shape index (κ2) is 13.1. The summed E-state index contributed by atoms with van der Waals surface area (Å²) in [6.07, 6.45) is 0.678. The van der Waals surface area contributed by atoms with Gasteiger partial charge in [0.25, 0.3) is 5.91 Å². The van der Waals surface area contributed by atoms with Gasteiger partial charge in [-0.25, -0.2) is 0 Å². The van der Waals surface area contributed by atoms with Gasteiger partial charge in [0, 0.05) is 30.8 Å². The van der Waals surface area contributed by atoms with E-state index >= 15 is 0 Å². The Morgan fingerprint density at radius 2 is 1.95 bits per heavy atom. The summed E-state index contributed by atoms with van der Waals surface area (Å²) in [5, 5.41) is 33.8. The molecule has 1 fully saturated rings. The van der Waals surface area contributed by atoms with E-state index in [0.717, 1.165) is 12.0 Å². The number of carbonyl (C=O) groups is 2. The summed E-state index contributed by atoms with van der Waals surface area (Å²) < 4.78 is 22.9. The SMILES string of the molecule is COc1cccc(CCN(C(=O)C2CCCO2)[C@@H]2C=C(C(=O)NCCO)[C@@H]3c4cc(CO)cc(OC)c4O[C@@H]3[C@H]2O)c1. The molecule has 3 aliphatic rings. The van der Waals surface area contributed by atoms with Crippen molar-refractivity contribution in [3.05, 3.63) is 64.7 Å². The van der Waals surface area contributed by atoms with Crippen molar-refractivity contribution in [2.24, 2.45) is 0 Å². The van der Waals surface area contributed by atoms with Crippen molar-refractivity contribution in [1.82, 2.24) is 10.2 Å². The van der Waals surface area contributed by atoms with Gasteiger partial charge in [-0.05, 0) is 60.7 Å². The third-order valence-electron chi connectivity index (χ3n) is 8.12. The maximum atomic E-state index is 13.9. The van der Waals surface area contributed by atoms with Crippen LogP contribution < -0.4 is 19.5 Å². The average molecular weight is 583 g/mol. The smallest absolute Gasteiger partial charge is 0.252 e. The maximum Gasteiger partial charge on any atom is 0.252 e. The fraction of sp³-hybridized carbons (Fsp3) is 0.484. The highest BCUT2D eigenvalue weighted by atomic mass is 16.5. The highest BCUT2D eigenvalue weighted by Crippen LogP contribution is 2.51. The Kier molecular flexibility index (Phi) is 9.32. The van der Waals surface area contributed by atoms with Crippen LogP contribution in [0.5, 0.6) is 17.2 Å². The summed E-state index contributed by atoms with van der Waals surface area (Å²) in [4.78, 5) is 29.0. The van der Waals surface area contributed by atoms with Crippen LogP contribution in [0, 0.1) is 0 Å². The molecule has 0 radical (unpaired) electrons. The lowest BCUT2D eigenvalue weighted by Crippen LogP contribution is -2.57. The zero-order chi connectivity index (χ0) is 29.8. The predicted octanol–water partition coefficient (Wildman–Crippen LogP) is 1.07. The van der Waals surface area contributed by atoms with Gasteiger partial charge < -0.3 is 44.5 Å². The molecular weight excluding hydrogens is 544 g/mol. The Balaban J connectivity index is 1.55. The summed E-state index contributed by atoms with van der Waals surface area (Å²) in [5.41, 5.74) is 2.40. The number of rotatable bonds is 11. The lowest BCUT2D eigenvalue weighted by molar-refractivity contribution is -0.146. The van der Waals surface area contributed by atoms with Crippen LogP contribution in [0.3, 0.4) is 0 Å². The summed E-state index contributed by atoms with van der Waals surface area (Å²) >= 11 is 0. The van der Waals surface area contributed by atoms with Gasteiger partial charge in [-0.2, -0.15) is 0 Å². The molecule has 0 aromatic heterocycles. The molecule has 42 heavy (non-hydrogen) atoms. The van der Waals surface area contributed by atoms with Crippen molar-refractivity contribution >= 4 is 11.8 Å². The van der Waals surface area contributed by atoms with Gasteiger partial charge >= 0.3 is 0 Å². The lowest BCUT2D eigenvalue weighted by atomic mass is 9.77. The molecule has 0 saturated carbocycles. The first-order valence-corrected chi connectivity index (χ1v) is 14.2. The van der Waals surface area contributed by atoms with E-state index in [-0.39, 0.29) is 32.2 Å². The number of nitrogens with one attached hydrogen (secondary N) is 1. The number of hydrogen-bond acceptors (Lipinski definition) is 9. The van der Waals surface area contributed by atoms with Crippen LogP contribution in [-0.4, -0.2) is 96.9 Å². The van der Waals surface area contributed by atoms with Gasteiger partial charge in [0.15, 0.2) is 11.5 Å². The van der Waals surface area contributed by atoms with Crippen molar-refractivity contribution < 1.29 is 43.9 Å². The van der Waals surface area contributed by atoms with Crippen LogP contribution in [0.15, 0.2) is 48.0 Å². The molecule has 0 spiro atoms. The summed E-state index contributed by atoms with van der Waals surface area (Å²) in [6.45, 7) is 0.254. The van der Waals surface area contributed by atoms with Crippen LogP contribution in [-0.2, 0) is 27.4 Å². The first kappa shape index (κ1) is 29.8. The molecule has 0 bridgehead atoms.